The van der Waals surface area contributed by atoms with Gasteiger partial charge in [0.1, 0.15) is 0 Å². The van der Waals surface area contributed by atoms with Gasteiger partial charge in [0.15, 0.2) is 0 Å². The van der Waals surface area contributed by atoms with Gasteiger partial charge in [0.2, 0.25) is 0 Å². The van der Waals surface area contributed by atoms with E-state index in [-0.39, 0.29) is 0 Å². The van der Waals surface area contributed by atoms with Gasteiger partial charge >= 0.3 is 97.8 Å². The monoisotopic (exact) mass is 406 g/mol. The van der Waals surface area contributed by atoms with E-state index >= 15 is 0 Å². The van der Waals surface area contributed by atoms with Crippen molar-refractivity contribution in [2.24, 2.45) is 0 Å². The molecule has 0 fully saturated rings. The molecule has 0 aliphatic carbocycles. The average Bonchev–Trinajstić information content (AvgIpc) is 2.01. The molecule has 0 N–H and O–H groups in total. The molecule has 78 valence electrons. The zero-order valence-corrected chi connectivity index (χ0v) is 16.0. The topological polar surface area (TPSA) is 0 Å². The van der Waals surface area contributed by atoms with Crippen molar-refractivity contribution >= 4 is 43.9 Å². The molecule has 1 rings (SSSR count). The van der Waals surface area contributed by atoms with Crippen LogP contribution in [0.5, 0.6) is 0 Å². The van der Waals surface area contributed by atoms with Crippen LogP contribution >= 0.6 is 0 Å². The Labute approximate surface area is 96.9 Å². The van der Waals surface area contributed by atoms with Crippen molar-refractivity contribution < 1.29 is 0 Å². The SMILES string of the molecule is [CH3][Sn]([CH3])([CH3])[c]1ccc[c]([Sn]([CH3])([CH3])[CH3])c1. The van der Waals surface area contributed by atoms with Crippen LogP contribution in [0, 0.1) is 0 Å². The third kappa shape index (κ3) is 3.44. The molecule has 0 spiro atoms. The van der Waals surface area contributed by atoms with Crippen LogP contribution in [-0.4, -0.2) is 36.8 Å². The van der Waals surface area contributed by atoms with E-state index in [9.17, 15) is 0 Å². The summed E-state index contributed by atoms with van der Waals surface area (Å²) in [4.78, 5) is 15.0. The summed E-state index contributed by atoms with van der Waals surface area (Å²) in [6.45, 7) is 0. The normalized spacial score (nSPS) is 13.0. The maximum absolute atomic E-state index is 2.52. The fraction of sp³-hybridized carbons (Fsp3) is 0.500. The summed E-state index contributed by atoms with van der Waals surface area (Å²) in [6, 6.07) is 9.48. The van der Waals surface area contributed by atoms with Gasteiger partial charge in [-0.05, 0) is 0 Å². The summed E-state index contributed by atoms with van der Waals surface area (Å²) in [7, 11) is 0. The Morgan fingerprint density at radius 1 is 0.714 bits per heavy atom. The first-order chi connectivity index (χ1) is 6.21. The zero-order chi connectivity index (χ0) is 11.0. The van der Waals surface area contributed by atoms with Gasteiger partial charge in [-0.2, -0.15) is 0 Å². The summed E-state index contributed by atoms with van der Waals surface area (Å²) >= 11 is -3.65. The fourth-order valence-corrected chi connectivity index (χ4v) is 9.39. The third-order valence-corrected chi connectivity index (χ3v) is 14.3. The second-order valence-electron chi connectivity index (χ2n) is 6.08. The average molecular weight is 404 g/mol. The molecular formula is C12H22Sn2. The van der Waals surface area contributed by atoms with Crippen LogP contribution in [0.1, 0.15) is 0 Å². The third-order valence-electron chi connectivity index (χ3n) is 2.59. The number of hydrogen-bond donors (Lipinski definition) is 0. The molecule has 0 aliphatic rings. The van der Waals surface area contributed by atoms with Gasteiger partial charge in [-0.25, -0.2) is 0 Å². The van der Waals surface area contributed by atoms with Crippen LogP contribution in [-0.2, 0) is 0 Å². The van der Waals surface area contributed by atoms with Crippen molar-refractivity contribution in [3.05, 3.63) is 24.3 Å². The second kappa shape index (κ2) is 4.36. The number of hydrogen-bond acceptors (Lipinski definition) is 0. The van der Waals surface area contributed by atoms with Crippen LogP contribution in [0.15, 0.2) is 24.3 Å². The Hall–Kier alpha value is 0.817. The molecule has 0 amide bonds. The molecule has 1 aromatic carbocycles. The van der Waals surface area contributed by atoms with Crippen molar-refractivity contribution in [2.75, 3.05) is 0 Å². The standard InChI is InChI=1S/C6H4.6CH3.2Sn/c1-2-4-6-5-3-1;;;;;;;;/h1-3,6H;6*1H3;;. The molecule has 0 saturated carbocycles. The zero-order valence-electron chi connectivity index (χ0n) is 10.3. The van der Waals surface area contributed by atoms with Crippen LogP contribution in [0.3, 0.4) is 0 Å². The molecule has 0 atom stereocenters. The van der Waals surface area contributed by atoms with Gasteiger partial charge in [0.25, 0.3) is 0 Å². The molecule has 0 aromatic heterocycles. The van der Waals surface area contributed by atoms with Gasteiger partial charge in [-0.3, -0.25) is 0 Å². The van der Waals surface area contributed by atoms with Gasteiger partial charge in [-0.1, -0.05) is 0 Å². The molecule has 14 heavy (non-hydrogen) atoms. The molecular weight excluding hydrogens is 382 g/mol. The Kier molecular flexibility index (Phi) is 4.01. The molecule has 0 heterocycles. The Morgan fingerprint density at radius 3 is 1.36 bits per heavy atom. The summed E-state index contributed by atoms with van der Waals surface area (Å²) in [5.41, 5.74) is 0. The quantitative estimate of drug-likeness (QED) is 0.666. The Morgan fingerprint density at radius 2 is 1.07 bits per heavy atom. The fourth-order valence-electron chi connectivity index (χ4n) is 1.45. The molecule has 1 aromatic rings. The predicted molar refractivity (Wildman–Crippen MR) is 72.4 cm³/mol. The van der Waals surface area contributed by atoms with E-state index in [2.05, 4.69) is 53.9 Å². The van der Waals surface area contributed by atoms with Crippen LogP contribution in [0.4, 0.5) is 0 Å². The van der Waals surface area contributed by atoms with E-state index < -0.39 is 36.8 Å². The molecule has 0 nitrogen and oxygen atoms in total. The van der Waals surface area contributed by atoms with Crippen LogP contribution in [0.25, 0.3) is 0 Å². The van der Waals surface area contributed by atoms with Gasteiger partial charge < -0.3 is 0 Å². The van der Waals surface area contributed by atoms with Crippen molar-refractivity contribution in [1.29, 1.82) is 0 Å². The second-order valence-corrected chi connectivity index (χ2v) is 35.1. The maximum atomic E-state index is 2.52. The summed E-state index contributed by atoms with van der Waals surface area (Å²) in [5.74, 6) is 0. The molecule has 2 heteroatoms. The summed E-state index contributed by atoms with van der Waals surface area (Å²) in [6.07, 6.45) is 0. The van der Waals surface area contributed by atoms with Gasteiger partial charge in [-0.15, -0.1) is 0 Å². The van der Waals surface area contributed by atoms with E-state index in [1.807, 2.05) is 0 Å². The molecule has 0 radical (unpaired) electrons. The molecule has 0 bridgehead atoms. The Bertz CT molecular complexity index is 287. The molecule has 0 unspecified atom stereocenters. The van der Waals surface area contributed by atoms with E-state index in [1.54, 1.807) is 7.16 Å². The van der Waals surface area contributed by atoms with Gasteiger partial charge in [0.05, 0.1) is 0 Å². The first-order valence-corrected chi connectivity index (χ1v) is 25.3. The minimum absolute atomic E-state index is 1.68. The van der Waals surface area contributed by atoms with E-state index in [4.69, 9.17) is 0 Å². The minimum atomic E-state index is -1.82. The molecule has 0 saturated heterocycles. The van der Waals surface area contributed by atoms with Crippen LogP contribution in [0.2, 0.25) is 29.6 Å². The van der Waals surface area contributed by atoms with Crippen molar-refractivity contribution in [1.82, 2.24) is 0 Å². The number of benzene rings is 1. The summed E-state index contributed by atoms with van der Waals surface area (Å²) in [5, 5.41) is 0. The van der Waals surface area contributed by atoms with E-state index in [1.165, 1.54) is 0 Å². The van der Waals surface area contributed by atoms with Crippen molar-refractivity contribution in [2.45, 2.75) is 29.6 Å². The Balaban J connectivity index is 3.15. The van der Waals surface area contributed by atoms with E-state index in [0.29, 0.717) is 0 Å². The number of rotatable bonds is 2. The van der Waals surface area contributed by atoms with E-state index in [0.717, 1.165) is 0 Å². The van der Waals surface area contributed by atoms with Crippen LogP contribution < -0.4 is 7.16 Å². The first-order valence-electron chi connectivity index (χ1n) is 5.32. The van der Waals surface area contributed by atoms with Gasteiger partial charge in [0, 0.05) is 0 Å². The summed E-state index contributed by atoms with van der Waals surface area (Å²) < 4.78 is 3.37. The van der Waals surface area contributed by atoms with Crippen molar-refractivity contribution in [3.63, 3.8) is 0 Å². The van der Waals surface area contributed by atoms with Crippen molar-refractivity contribution in [3.8, 4) is 0 Å². The predicted octanol–water partition coefficient (Wildman–Crippen LogP) is 2.78. The molecule has 0 aliphatic heterocycles. The first kappa shape index (κ1) is 12.9.